The van der Waals surface area contributed by atoms with Crippen LogP contribution >= 0.6 is 0 Å². The van der Waals surface area contributed by atoms with Crippen LogP contribution in [0.2, 0.25) is 0 Å². The molecular formula is C38H36O7. The first kappa shape index (κ1) is 32.8. The number of hydrogen-bond acceptors (Lipinski definition) is 7. The topological polar surface area (TPSA) is 99.9 Å². The van der Waals surface area contributed by atoms with Gasteiger partial charge in [-0.1, -0.05) is 104 Å². The first-order valence-corrected chi connectivity index (χ1v) is 14.8. The Morgan fingerprint density at radius 2 is 1.20 bits per heavy atom. The molecule has 0 aliphatic heterocycles. The van der Waals surface area contributed by atoms with E-state index in [0.717, 1.165) is 18.2 Å². The molecule has 5 aromatic rings. The third-order valence-electron chi connectivity index (χ3n) is 7.54. The molecule has 4 aromatic carbocycles. The zero-order valence-corrected chi connectivity index (χ0v) is 25.7. The highest BCUT2D eigenvalue weighted by molar-refractivity contribution is 6.22. The lowest BCUT2D eigenvalue weighted by Crippen LogP contribution is -2.48. The second-order valence-electron chi connectivity index (χ2n) is 10.4. The molecule has 0 saturated carbocycles. The summed E-state index contributed by atoms with van der Waals surface area (Å²) in [6.07, 6.45) is 3.35. The van der Waals surface area contributed by atoms with Crippen LogP contribution in [0, 0.1) is 0 Å². The Kier molecular flexibility index (Phi) is 11.3. The monoisotopic (exact) mass is 604 g/mol. The molecule has 0 fully saturated rings. The van der Waals surface area contributed by atoms with Crippen LogP contribution < -0.4 is 4.74 Å². The lowest BCUT2D eigenvalue weighted by atomic mass is 9.81. The molecule has 1 heterocycles. The molecule has 0 bridgehead atoms. The quantitative estimate of drug-likeness (QED) is 0.0986. The second-order valence-corrected chi connectivity index (χ2v) is 10.4. The Balaban J connectivity index is 0.000000205. The fourth-order valence-corrected chi connectivity index (χ4v) is 5.11. The van der Waals surface area contributed by atoms with Gasteiger partial charge < -0.3 is 13.9 Å². The molecule has 0 unspecified atom stereocenters. The van der Waals surface area contributed by atoms with E-state index in [4.69, 9.17) is 13.9 Å². The normalized spacial score (nSPS) is 10.9. The van der Waals surface area contributed by atoms with Crippen molar-refractivity contribution in [2.45, 2.75) is 38.2 Å². The van der Waals surface area contributed by atoms with E-state index in [1.807, 2.05) is 25.1 Å². The minimum absolute atomic E-state index is 0.191. The van der Waals surface area contributed by atoms with Crippen molar-refractivity contribution >= 4 is 34.1 Å². The molecule has 0 aliphatic carbocycles. The van der Waals surface area contributed by atoms with E-state index in [1.165, 1.54) is 20.5 Å². The largest absolute Gasteiger partial charge is 0.495 e. The third kappa shape index (κ3) is 7.51. The summed E-state index contributed by atoms with van der Waals surface area (Å²) in [5.74, 6) is -0.586. The second kappa shape index (κ2) is 15.5. The maximum absolute atomic E-state index is 13.1. The number of hydrogen-bond donors (Lipinski definition) is 0. The molecule has 230 valence electrons. The molecule has 0 saturated heterocycles. The maximum atomic E-state index is 13.1. The van der Waals surface area contributed by atoms with Gasteiger partial charge in [0.05, 0.1) is 30.7 Å². The number of carbonyl (C=O) groups excluding carboxylic acids is 4. The summed E-state index contributed by atoms with van der Waals surface area (Å²) in [5, 5.41) is 0.723. The van der Waals surface area contributed by atoms with E-state index in [2.05, 4.69) is 0 Å². The molecule has 0 aliphatic rings. The Bertz CT molecular complexity index is 1690. The number of carbonyl (C=O) groups is 4. The molecule has 0 N–H and O–H groups in total. The van der Waals surface area contributed by atoms with Crippen molar-refractivity contribution in [3.05, 3.63) is 138 Å². The van der Waals surface area contributed by atoms with Crippen LogP contribution in [-0.2, 0) is 4.74 Å². The molecular weight excluding hydrogens is 568 g/mol. The van der Waals surface area contributed by atoms with Crippen molar-refractivity contribution in [2.75, 3.05) is 14.2 Å². The van der Waals surface area contributed by atoms with Gasteiger partial charge >= 0.3 is 0 Å². The van der Waals surface area contributed by atoms with Crippen molar-refractivity contribution in [1.29, 1.82) is 0 Å². The lowest BCUT2D eigenvalue weighted by molar-refractivity contribution is 0.00383. The lowest BCUT2D eigenvalue weighted by Gasteiger charge is -2.29. The minimum Gasteiger partial charge on any atom is -0.495 e. The first-order chi connectivity index (χ1) is 21.9. The highest BCUT2D eigenvalue weighted by Gasteiger charge is 2.46. The molecule has 0 spiro atoms. The fraction of sp³-hybridized carbons (Fsp3) is 0.211. The Labute approximate surface area is 262 Å². The number of fused-ring (bicyclic) bond motifs is 1. The van der Waals surface area contributed by atoms with Crippen LogP contribution in [-0.4, -0.2) is 43.0 Å². The molecule has 1 aromatic heterocycles. The summed E-state index contributed by atoms with van der Waals surface area (Å²) in [6.45, 7) is 2.03. The average Bonchev–Trinajstić information content (AvgIpc) is 3.59. The van der Waals surface area contributed by atoms with Gasteiger partial charge in [-0.3, -0.25) is 19.2 Å². The summed E-state index contributed by atoms with van der Waals surface area (Å²) in [6, 6.07) is 31.6. The van der Waals surface area contributed by atoms with Crippen molar-refractivity contribution in [1.82, 2.24) is 0 Å². The predicted molar refractivity (Wildman–Crippen MR) is 173 cm³/mol. The number of Topliss-reactive ketones (excluding diaryl/α,β-unsaturated/α-hetero) is 4. The summed E-state index contributed by atoms with van der Waals surface area (Å²) < 4.78 is 16.2. The van der Waals surface area contributed by atoms with E-state index >= 15 is 0 Å². The number of ether oxygens (including phenoxy) is 2. The van der Waals surface area contributed by atoms with Crippen LogP contribution in [0.4, 0.5) is 0 Å². The van der Waals surface area contributed by atoms with Crippen molar-refractivity contribution < 1.29 is 33.1 Å². The van der Waals surface area contributed by atoms with E-state index in [1.54, 1.807) is 91.0 Å². The van der Waals surface area contributed by atoms with E-state index in [-0.39, 0.29) is 29.6 Å². The van der Waals surface area contributed by atoms with E-state index in [0.29, 0.717) is 40.0 Å². The zero-order valence-electron chi connectivity index (χ0n) is 25.7. The van der Waals surface area contributed by atoms with Gasteiger partial charge in [0.2, 0.25) is 11.6 Å². The van der Waals surface area contributed by atoms with Crippen LogP contribution in [0.3, 0.4) is 0 Å². The van der Waals surface area contributed by atoms with Crippen molar-refractivity contribution in [2.24, 2.45) is 0 Å². The highest BCUT2D eigenvalue weighted by atomic mass is 16.5. The standard InChI is InChI=1S/C20H22O3.C18H14O4/c1-3-4-15-20(23-2,18(21)16-11-7-5-8-12-16)19(22)17-13-9-6-10-14-17;1-21-18-13(7-8-17-14(18)9-10-22-17)16(20)11-15(19)12-5-3-2-4-6-12/h5-14H,3-4,15H2,1-2H3;2-10H,11H2,1H3. The predicted octanol–water partition coefficient (Wildman–Crippen LogP) is 8.22. The SMILES string of the molecule is CCCCC(OC)(C(=O)c1ccccc1)C(=O)c1ccccc1.COc1c(C(=O)CC(=O)c2ccccc2)ccc2occc12. The number of unbranched alkanes of at least 4 members (excludes halogenated alkanes) is 1. The summed E-state index contributed by atoms with van der Waals surface area (Å²) in [5.41, 5.74) is 1.09. The van der Waals surface area contributed by atoms with Gasteiger partial charge in [0, 0.05) is 23.8 Å². The van der Waals surface area contributed by atoms with Gasteiger partial charge in [0.1, 0.15) is 11.3 Å². The molecule has 0 radical (unpaired) electrons. The van der Waals surface area contributed by atoms with Crippen LogP contribution in [0.15, 0.2) is 120 Å². The van der Waals surface area contributed by atoms with Gasteiger partial charge in [-0.05, 0) is 31.0 Å². The molecule has 7 nitrogen and oxygen atoms in total. The van der Waals surface area contributed by atoms with E-state index < -0.39 is 5.60 Å². The summed E-state index contributed by atoms with van der Waals surface area (Å²) >= 11 is 0. The summed E-state index contributed by atoms with van der Waals surface area (Å²) in [4.78, 5) is 50.7. The Morgan fingerprint density at radius 3 is 1.69 bits per heavy atom. The van der Waals surface area contributed by atoms with Gasteiger partial charge in [0.25, 0.3) is 0 Å². The maximum Gasteiger partial charge on any atom is 0.202 e. The molecule has 0 amide bonds. The third-order valence-corrected chi connectivity index (χ3v) is 7.54. The van der Waals surface area contributed by atoms with Crippen LogP contribution in [0.25, 0.3) is 11.0 Å². The number of ketones is 4. The molecule has 45 heavy (non-hydrogen) atoms. The molecule has 0 atom stereocenters. The van der Waals surface area contributed by atoms with Crippen LogP contribution in [0.1, 0.15) is 74.0 Å². The molecule has 5 rings (SSSR count). The number of furan rings is 1. The summed E-state index contributed by atoms with van der Waals surface area (Å²) in [7, 11) is 2.94. The van der Waals surface area contributed by atoms with Gasteiger partial charge in [-0.25, -0.2) is 0 Å². The minimum atomic E-state index is -1.46. The van der Waals surface area contributed by atoms with Crippen molar-refractivity contribution in [3.8, 4) is 5.75 Å². The Morgan fingerprint density at radius 1 is 0.667 bits per heavy atom. The van der Waals surface area contributed by atoms with Gasteiger partial charge in [-0.15, -0.1) is 0 Å². The zero-order chi connectivity index (χ0) is 32.2. The average molecular weight is 605 g/mol. The van der Waals surface area contributed by atoms with E-state index in [9.17, 15) is 19.2 Å². The first-order valence-electron chi connectivity index (χ1n) is 14.8. The number of rotatable bonds is 13. The number of benzene rings is 4. The van der Waals surface area contributed by atoms with Crippen molar-refractivity contribution in [3.63, 3.8) is 0 Å². The number of methoxy groups -OCH3 is 2. The smallest absolute Gasteiger partial charge is 0.202 e. The fourth-order valence-electron chi connectivity index (χ4n) is 5.11. The highest BCUT2D eigenvalue weighted by Crippen LogP contribution is 2.32. The molecule has 7 heteroatoms. The Hall–Kier alpha value is -5.14. The van der Waals surface area contributed by atoms with Crippen LogP contribution in [0.5, 0.6) is 5.75 Å². The van der Waals surface area contributed by atoms with Gasteiger partial charge in [0.15, 0.2) is 17.2 Å². The van der Waals surface area contributed by atoms with Gasteiger partial charge in [-0.2, -0.15) is 0 Å².